The molecule has 1 amide bonds. The van der Waals surface area contributed by atoms with Crippen LogP contribution in [0.4, 0.5) is 11.4 Å². The lowest BCUT2D eigenvalue weighted by atomic mass is 10.0. The van der Waals surface area contributed by atoms with Gasteiger partial charge in [0.15, 0.2) is 6.10 Å². The molecule has 0 aromatic heterocycles. The van der Waals surface area contributed by atoms with E-state index in [0.29, 0.717) is 16.3 Å². The van der Waals surface area contributed by atoms with Crippen LogP contribution >= 0.6 is 11.6 Å². The number of amides is 1. The summed E-state index contributed by atoms with van der Waals surface area (Å²) in [5, 5.41) is 13.1. The standard InChI is InChI=1S/C15H19ClN2O2/c1-9-3-2-5-18(6-4-9)13-8-12-10(7-11(13)16)14(19)15(20)17-12/h7-9,14,19H,2-6H2,1H3,(H,17,20). The van der Waals surface area contributed by atoms with Crippen LogP contribution in [0.1, 0.15) is 37.9 Å². The zero-order valence-corrected chi connectivity index (χ0v) is 12.3. The monoisotopic (exact) mass is 294 g/mol. The van der Waals surface area contributed by atoms with E-state index in [2.05, 4.69) is 17.1 Å². The van der Waals surface area contributed by atoms with Gasteiger partial charge in [-0.15, -0.1) is 0 Å². The molecule has 0 radical (unpaired) electrons. The van der Waals surface area contributed by atoms with Crippen LogP contribution in [0.2, 0.25) is 5.02 Å². The number of anilines is 2. The van der Waals surface area contributed by atoms with Crippen molar-refractivity contribution in [3.05, 3.63) is 22.7 Å². The minimum atomic E-state index is -1.10. The smallest absolute Gasteiger partial charge is 0.257 e. The fourth-order valence-electron chi connectivity index (χ4n) is 3.00. The van der Waals surface area contributed by atoms with Gasteiger partial charge >= 0.3 is 0 Å². The van der Waals surface area contributed by atoms with Gasteiger partial charge in [0.05, 0.1) is 10.7 Å². The number of nitrogens with zero attached hydrogens (tertiary/aromatic N) is 1. The first-order chi connectivity index (χ1) is 9.56. The van der Waals surface area contributed by atoms with Gasteiger partial charge in [0, 0.05) is 24.3 Å². The summed E-state index contributed by atoms with van der Waals surface area (Å²) in [7, 11) is 0. The molecule has 20 heavy (non-hydrogen) atoms. The summed E-state index contributed by atoms with van der Waals surface area (Å²) in [5.74, 6) is 0.368. The van der Waals surface area contributed by atoms with Crippen molar-refractivity contribution in [3.63, 3.8) is 0 Å². The number of carbonyl (C=O) groups excluding carboxylic acids is 1. The first-order valence-electron chi connectivity index (χ1n) is 7.13. The maximum atomic E-state index is 11.5. The summed E-state index contributed by atoms with van der Waals surface area (Å²) in [6, 6.07) is 3.60. The molecule has 2 atom stereocenters. The van der Waals surface area contributed by atoms with E-state index >= 15 is 0 Å². The summed E-state index contributed by atoms with van der Waals surface area (Å²) in [5.41, 5.74) is 2.21. The molecule has 1 fully saturated rings. The molecule has 5 heteroatoms. The minimum Gasteiger partial charge on any atom is -0.378 e. The fraction of sp³-hybridized carbons (Fsp3) is 0.533. The molecule has 1 aromatic carbocycles. The zero-order chi connectivity index (χ0) is 14.3. The summed E-state index contributed by atoms with van der Waals surface area (Å²) in [4.78, 5) is 13.8. The third-order valence-electron chi connectivity index (χ3n) is 4.28. The highest BCUT2D eigenvalue weighted by Crippen LogP contribution is 2.39. The predicted octanol–water partition coefficient (Wildman–Crippen LogP) is 2.95. The molecule has 0 saturated carbocycles. The summed E-state index contributed by atoms with van der Waals surface area (Å²) in [6.07, 6.45) is 2.46. The highest BCUT2D eigenvalue weighted by molar-refractivity contribution is 6.33. The highest BCUT2D eigenvalue weighted by Gasteiger charge is 2.30. The molecule has 2 aliphatic heterocycles. The second-order valence-electron chi connectivity index (χ2n) is 5.81. The number of hydrogen-bond donors (Lipinski definition) is 2. The van der Waals surface area contributed by atoms with E-state index in [4.69, 9.17) is 11.6 Å². The number of halogens is 1. The average Bonchev–Trinajstić information content (AvgIpc) is 2.60. The van der Waals surface area contributed by atoms with Crippen LogP contribution < -0.4 is 10.2 Å². The molecule has 108 valence electrons. The second-order valence-corrected chi connectivity index (χ2v) is 6.21. The van der Waals surface area contributed by atoms with E-state index in [0.717, 1.165) is 37.5 Å². The number of nitrogens with one attached hydrogen (secondary N) is 1. The molecular formula is C15H19ClN2O2. The highest BCUT2D eigenvalue weighted by atomic mass is 35.5. The van der Waals surface area contributed by atoms with E-state index < -0.39 is 6.10 Å². The third kappa shape index (κ3) is 2.38. The molecular weight excluding hydrogens is 276 g/mol. The SMILES string of the molecule is CC1CCCN(c2cc3c(cc2Cl)C(O)C(=O)N3)CC1. The largest absolute Gasteiger partial charge is 0.378 e. The quantitative estimate of drug-likeness (QED) is 0.837. The van der Waals surface area contributed by atoms with Gasteiger partial charge in [0.25, 0.3) is 5.91 Å². The van der Waals surface area contributed by atoms with Gasteiger partial charge in [-0.2, -0.15) is 0 Å². The van der Waals surface area contributed by atoms with Gasteiger partial charge in [-0.25, -0.2) is 0 Å². The number of aliphatic hydroxyl groups excluding tert-OH is 1. The number of hydrogen-bond acceptors (Lipinski definition) is 3. The first-order valence-corrected chi connectivity index (χ1v) is 7.51. The lowest BCUT2D eigenvalue weighted by Gasteiger charge is -2.24. The van der Waals surface area contributed by atoms with Crippen LogP contribution in [-0.2, 0) is 4.79 Å². The average molecular weight is 295 g/mol. The Balaban J connectivity index is 1.91. The number of fused-ring (bicyclic) bond motifs is 1. The van der Waals surface area contributed by atoms with Crippen molar-refractivity contribution >= 4 is 28.9 Å². The summed E-state index contributed by atoms with van der Waals surface area (Å²) < 4.78 is 0. The van der Waals surface area contributed by atoms with Crippen LogP contribution in [0.3, 0.4) is 0 Å². The summed E-state index contributed by atoms with van der Waals surface area (Å²) >= 11 is 6.35. The molecule has 2 unspecified atom stereocenters. The first kappa shape index (κ1) is 13.7. The van der Waals surface area contributed by atoms with Gasteiger partial charge in [-0.1, -0.05) is 18.5 Å². The molecule has 2 aliphatic rings. The van der Waals surface area contributed by atoms with E-state index in [9.17, 15) is 9.90 Å². The van der Waals surface area contributed by atoms with Crippen molar-refractivity contribution in [2.24, 2.45) is 5.92 Å². The second kappa shape index (κ2) is 5.26. The predicted molar refractivity (Wildman–Crippen MR) is 80.3 cm³/mol. The molecule has 1 saturated heterocycles. The Kier molecular flexibility index (Phi) is 3.61. The maximum absolute atomic E-state index is 11.5. The van der Waals surface area contributed by atoms with Crippen LogP contribution in [0, 0.1) is 5.92 Å². The Morgan fingerprint density at radius 3 is 2.95 bits per heavy atom. The summed E-state index contributed by atoms with van der Waals surface area (Å²) in [6.45, 7) is 4.25. The number of rotatable bonds is 1. The van der Waals surface area contributed by atoms with Crippen molar-refractivity contribution in [1.29, 1.82) is 0 Å². The molecule has 4 nitrogen and oxygen atoms in total. The lowest BCUT2D eigenvalue weighted by Crippen LogP contribution is -2.24. The van der Waals surface area contributed by atoms with Gasteiger partial charge in [-0.3, -0.25) is 4.79 Å². The van der Waals surface area contributed by atoms with Crippen LogP contribution in [-0.4, -0.2) is 24.1 Å². The van der Waals surface area contributed by atoms with Gasteiger partial charge in [0.2, 0.25) is 0 Å². The number of carbonyl (C=O) groups is 1. The fourth-order valence-corrected chi connectivity index (χ4v) is 3.29. The number of aliphatic hydroxyl groups is 1. The normalized spacial score (nSPS) is 26.1. The Labute approximate surface area is 123 Å². The molecule has 1 aromatic rings. The van der Waals surface area contributed by atoms with E-state index in [1.165, 1.54) is 6.42 Å². The van der Waals surface area contributed by atoms with Crippen molar-refractivity contribution in [2.75, 3.05) is 23.3 Å². The van der Waals surface area contributed by atoms with E-state index in [1.54, 1.807) is 6.07 Å². The Bertz CT molecular complexity index is 547. The van der Waals surface area contributed by atoms with Gasteiger partial charge < -0.3 is 15.3 Å². The van der Waals surface area contributed by atoms with Crippen molar-refractivity contribution in [3.8, 4) is 0 Å². The number of benzene rings is 1. The topological polar surface area (TPSA) is 52.6 Å². The van der Waals surface area contributed by atoms with Crippen LogP contribution in [0.15, 0.2) is 12.1 Å². The minimum absolute atomic E-state index is 0.377. The Morgan fingerprint density at radius 1 is 1.35 bits per heavy atom. The molecule has 3 rings (SSSR count). The molecule has 0 aliphatic carbocycles. The van der Waals surface area contributed by atoms with Crippen LogP contribution in [0.25, 0.3) is 0 Å². The molecule has 2 heterocycles. The van der Waals surface area contributed by atoms with E-state index in [-0.39, 0.29) is 5.91 Å². The lowest BCUT2D eigenvalue weighted by molar-refractivity contribution is -0.123. The van der Waals surface area contributed by atoms with Gasteiger partial charge in [0.1, 0.15) is 0 Å². The Morgan fingerprint density at radius 2 is 2.15 bits per heavy atom. The van der Waals surface area contributed by atoms with Gasteiger partial charge in [-0.05, 0) is 37.3 Å². The molecule has 0 bridgehead atoms. The maximum Gasteiger partial charge on any atom is 0.257 e. The van der Waals surface area contributed by atoms with Crippen molar-refractivity contribution < 1.29 is 9.90 Å². The van der Waals surface area contributed by atoms with Crippen molar-refractivity contribution in [1.82, 2.24) is 0 Å². The molecule has 2 N–H and O–H groups in total. The molecule has 0 spiro atoms. The van der Waals surface area contributed by atoms with Crippen LogP contribution in [0.5, 0.6) is 0 Å². The van der Waals surface area contributed by atoms with Crippen molar-refractivity contribution in [2.45, 2.75) is 32.3 Å². The third-order valence-corrected chi connectivity index (χ3v) is 4.58. The zero-order valence-electron chi connectivity index (χ0n) is 11.5. The Hall–Kier alpha value is -1.26. The van der Waals surface area contributed by atoms with E-state index in [1.807, 2.05) is 6.07 Å².